The highest BCUT2D eigenvalue weighted by Gasteiger charge is 2.27. The van der Waals surface area contributed by atoms with Gasteiger partial charge in [-0.3, -0.25) is 4.79 Å². The summed E-state index contributed by atoms with van der Waals surface area (Å²) in [5.74, 6) is -0.864. The molecule has 1 rings (SSSR count). The normalized spacial score (nSPS) is 17.1. The molecule has 7 heteroatoms. The summed E-state index contributed by atoms with van der Waals surface area (Å²) in [6.45, 7) is 4.72. The first-order valence-electron chi connectivity index (χ1n) is 6.53. The second-order valence-electron chi connectivity index (χ2n) is 4.71. The first kappa shape index (κ1) is 16.0. The smallest absolute Gasteiger partial charge is 0.410 e. The summed E-state index contributed by atoms with van der Waals surface area (Å²) in [6, 6.07) is -0.864. The van der Waals surface area contributed by atoms with Gasteiger partial charge in [-0.25, -0.2) is 9.59 Å². The Morgan fingerprint density at radius 1 is 1.45 bits per heavy atom. The van der Waals surface area contributed by atoms with Gasteiger partial charge in [-0.1, -0.05) is 12.7 Å². The summed E-state index contributed by atoms with van der Waals surface area (Å²) in [5.41, 5.74) is 0. The summed E-state index contributed by atoms with van der Waals surface area (Å²) in [4.78, 5) is 34.5. The van der Waals surface area contributed by atoms with Crippen LogP contribution in [0.4, 0.5) is 4.79 Å². The number of ether oxygens (including phenoxy) is 1. The highest BCUT2D eigenvalue weighted by atomic mass is 16.6. The minimum atomic E-state index is -1.04. The van der Waals surface area contributed by atoms with Crippen molar-refractivity contribution in [3.05, 3.63) is 12.7 Å². The molecule has 1 fully saturated rings. The second kappa shape index (κ2) is 8.19. The molecule has 0 bridgehead atoms. The van der Waals surface area contributed by atoms with E-state index in [-0.39, 0.29) is 18.6 Å². The molecule has 112 valence electrons. The highest BCUT2D eigenvalue weighted by Crippen LogP contribution is 2.22. The fraction of sp³-hybridized carbons (Fsp3) is 0.615. The van der Waals surface area contributed by atoms with Gasteiger partial charge in [-0.2, -0.15) is 0 Å². The van der Waals surface area contributed by atoms with E-state index in [0.29, 0.717) is 38.8 Å². The van der Waals surface area contributed by atoms with Crippen LogP contribution in [-0.2, 0) is 14.3 Å². The zero-order chi connectivity index (χ0) is 15.0. The van der Waals surface area contributed by atoms with E-state index in [1.54, 1.807) is 4.90 Å². The van der Waals surface area contributed by atoms with Gasteiger partial charge < -0.3 is 20.1 Å². The Balaban J connectivity index is 2.37. The summed E-state index contributed by atoms with van der Waals surface area (Å²) >= 11 is 0. The van der Waals surface area contributed by atoms with Crippen LogP contribution in [0.5, 0.6) is 0 Å². The van der Waals surface area contributed by atoms with E-state index in [4.69, 9.17) is 9.84 Å². The fourth-order valence-corrected chi connectivity index (χ4v) is 2.23. The van der Waals surface area contributed by atoms with Crippen LogP contribution < -0.4 is 5.32 Å². The number of nitrogens with zero attached hydrogens (tertiary/aromatic N) is 1. The number of hydrogen-bond donors (Lipinski definition) is 2. The lowest BCUT2D eigenvalue weighted by molar-refractivity contribution is -0.141. The van der Waals surface area contributed by atoms with Crippen molar-refractivity contribution in [1.82, 2.24) is 10.2 Å². The molecule has 0 spiro atoms. The molecule has 0 radical (unpaired) electrons. The maximum absolute atomic E-state index is 11.6. The molecule has 0 saturated carbocycles. The van der Waals surface area contributed by atoms with Crippen LogP contribution in [-0.4, -0.2) is 54.2 Å². The Labute approximate surface area is 117 Å². The number of carboxylic acids is 1. The lowest BCUT2D eigenvalue weighted by atomic mass is 9.90. The zero-order valence-corrected chi connectivity index (χ0v) is 11.3. The Kier molecular flexibility index (Phi) is 6.55. The van der Waals surface area contributed by atoms with Crippen molar-refractivity contribution >= 4 is 18.5 Å². The first-order chi connectivity index (χ1) is 9.58. The molecule has 20 heavy (non-hydrogen) atoms. The molecule has 2 amide bonds. The topological polar surface area (TPSA) is 95.9 Å². The third-order valence-corrected chi connectivity index (χ3v) is 3.33. The van der Waals surface area contributed by atoms with Crippen LogP contribution >= 0.6 is 0 Å². The molecule has 1 unspecified atom stereocenters. The van der Waals surface area contributed by atoms with Crippen LogP contribution in [0.25, 0.3) is 0 Å². The maximum Gasteiger partial charge on any atom is 0.410 e. The zero-order valence-electron chi connectivity index (χ0n) is 11.3. The second-order valence-corrected chi connectivity index (χ2v) is 4.71. The lowest BCUT2D eigenvalue weighted by Crippen LogP contribution is -2.42. The molecule has 0 aromatic heterocycles. The standard InChI is InChI=1S/C13H20N2O5/c1-2-7-20-13(19)15-5-3-10(4-6-15)8-11(12(17)18)14-9-16/h2,9-11H,1,3-8H2,(H,14,16)(H,17,18). The Morgan fingerprint density at radius 2 is 2.10 bits per heavy atom. The van der Waals surface area contributed by atoms with Crippen LogP contribution in [0.3, 0.4) is 0 Å². The fourth-order valence-electron chi connectivity index (χ4n) is 2.23. The maximum atomic E-state index is 11.6. The molecule has 1 heterocycles. The van der Waals surface area contributed by atoms with E-state index >= 15 is 0 Å². The minimum absolute atomic E-state index is 0.173. The largest absolute Gasteiger partial charge is 0.480 e. The van der Waals surface area contributed by atoms with Crippen molar-refractivity contribution in [2.75, 3.05) is 19.7 Å². The number of rotatable bonds is 7. The predicted octanol–water partition coefficient (Wildman–Crippen LogP) is 0.610. The van der Waals surface area contributed by atoms with Gasteiger partial charge in [0, 0.05) is 13.1 Å². The van der Waals surface area contributed by atoms with Gasteiger partial charge in [0.1, 0.15) is 12.6 Å². The minimum Gasteiger partial charge on any atom is -0.480 e. The monoisotopic (exact) mass is 284 g/mol. The molecule has 1 saturated heterocycles. The number of amides is 2. The SMILES string of the molecule is C=CCOC(=O)N1CCC(CC(NC=O)C(=O)O)CC1. The summed E-state index contributed by atoms with van der Waals surface area (Å²) < 4.78 is 4.94. The van der Waals surface area contributed by atoms with Gasteiger partial charge in [0.2, 0.25) is 6.41 Å². The third-order valence-electron chi connectivity index (χ3n) is 3.33. The Hall–Kier alpha value is -2.05. The average Bonchev–Trinajstić information content (AvgIpc) is 2.45. The molecule has 2 N–H and O–H groups in total. The first-order valence-corrected chi connectivity index (χ1v) is 6.53. The third kappa shape index (κ3) is 4.91. The van der Waals surface area contributed by atoms with E-state index in [1.165, 1.54) is 6.08 Å². The van der Waals surface area contributed by atoms with Crippen LogP contribution in [0.15, 0.2) is 12.7 Å². The molecule has 7 nitrogen and oxygen atoms in total. The van der Waals surface area contributed by atoms with E-state index in [0.717, 1.165) is 0 Å². The van der Waals surface area contributed by atoms with Crippen LogP contribution in [0.1, 0.15) is 19.3 Å². The van der Waals surface area contributed by atoms with Crippen molar-refractivity contribution < 1.29 is 24.2 Å². The van der Waals surface area contributed by atoms with Gasteiger partial charge in [0.05, 0.1) is 0 Å². The van der Waals surface area contributed by atoms with Crippen molar-refractivity contribution in [3.8, 4) is 0 Å². The molecule has 1 aliphatic heterocycles. The van der Waals surface area contributed by atoms with E-state index in [9.17, 15) is 14.4 Å². The van der Waals surface area contributed by atoms with Gasteiger partial charge in [-0.05, 0) is 25.2 Å². The van der Waals surface area contributed by atoms with Gasteiger partial charge >= 0.3 is 12.1 Å². The number of carbonyl (C=O) groups is 3. The van der Waals surface area contributed by atoms with E-state index in [2.05, 4.69) is 11.9 Å². The molecule has 1 aliphatic rings. The Morgan fingerprint density at radius 3 is 2.60 bits per heavy atom. The summed E-state index contributed by atoms with van der Waals surface area (Å²) in [6.07, 6.45) is 3.32. The summed E-state index contributed by atoms with van der Waals surface area (Å²) in [5, 5.41) is 11.3. The number of hydrogen-bond acceptors (Lipinski definition) is 4. The predicted molar refractivity (Wildman–Crippen MR) is 71.1 cm³/mol. The number of piperidine rings is 1. The lowest BCUT2D eigenvalue weighted by Gasteiger charge is -2.32. The number of likely N-dealkylation sites (tertiary alicyclic amines) is 1. The van der Waals surface area contributed by atoms with Gasteiger partial charge in [0.15, 0.2) is 0 Å². The quantitative estimate of drug-likeness (QED) is 0.527. The van der Waals surface area contributed by atoms with Crippen molar-refractivity contribution in [2.45, 2.75) is 25.3 Å². The Bertz CT molecular complexity index is 364. The van der Waals surface area contributed by atoms with Gasteiger partial charge in [0.25, 0.3) is 0 Å². The highest BCUT2D eigenvalue weighted by molar-refractivity contribution is 5.76. The van der Waals surface area contributed by atoms with Crippen molar-refractivity contribution in [1.29, 1.82) is 0 Å². The van der Waals surface area contributed by atoms with Crippen LogP contribution in [0.2, 0.25) is 0 Å². The molecular formula is C13H20N2O5. The molecule has 0 aliphatic carbocycles. The van der Waals surface area contributed by atoms with E-state index < -0.39 is 12.0 Å². The molecule has 0 aromatic carbocycles. The van der Waals surface area contributed by atoms with Crippen molar-refractivity contribution in [3.63, 3.8) is 0 Å². The van der Waals surface area contributed by atoms with Crippen molar-refractivity contribution in [2.24, 2.45) is 5.92 Å². The average molecular weight is 284 g/mol. The van der Waals surface area contributed by atoms with Crippen LogP contribution in [0, 0.1) is 5.92 Å². The number of nitrogens with one attached hydrogen (secondary N) is 1. The number of carboxylic acid groups (broad SMARTS) is 1. The molecular weight excluding hydrogens is 264 g/mol. The van der Waals surface area contributed by atoms with E-state index in [1.807, 2.05) is 0 Å². The number of aliphatic carboxylic acids is 1. The number of carbonyl (C=O) groups excluding carboxylic acids is 2. The summed E-state index contributed by atoms with van der Waals surface area (Å²) in [7, 11) is 0. The molecule has 1 atom stereocenters. The van der Waals surface area contributed by atoms with Gasteiger partial charge in [-0.15, -0.1) is 0 Å². The molecule has 0 aromatic rings.